The smallest absolute Gasteiger partial charge is 0.404 e. The number of nitrogens with one attached hydrogen (secondary N) is 2. The number of ether oxygens (including phenoxy) is 1. The van der Waals surface area contributed by atoms with Crippen molar-refractivity contribution < 1.29 is 14.6 Å². The van der Waals surface area contributed by atoms with Gasteiger partial charge in [-0.3, -0.25) is 0 Å². The minimum absolute atomic E-state index is 0.485. The molecule has 1 aromatic heterocycles. The molecule has 0 bridgehead atoms. The molecule has 2 aromatic rings. The Hall–Kier alpha value is -1.89. The van der Waals surface area contributed by atoms with Crippen LogP contribution in [0.4, 0.5) is 4.79 Å². The third-order valence-electron chi connectivity index (χ3n) is 2.81. The molecule has 0 spiro atoms. The van der Waals surface area contributed by atoms with E-state index in [0.29, 0.717) is 18.3 Å². The fourth-order valence-corrected chi connectivity index (χ4v) is 2.08. The molecule has 0 saturated heterocycles. The Labute approximate surface area is 122 Å². The van der Waals surface area contributed by atoms with Gasteiger partial charge in [-0.15, -0.1) is 12.6 Å². The number of amides is 1. The molecule has 20 heavy (non-hydrogen) atoms. The Kier molecular flexibility index (Phi) is 5.11. The van der Waals surface area contributed by atoms with E-state index >= 15 is 0 Å². The van der Waals surface area contributed by atoms with E-state index in [1.54, 1.807) is 0 Å². The van der Waals surface area contributed by atoms with Crippen LogP contribution in [0.1, 0.15) is 19.3 Å². The van der Waals surface area contributed by atoms with Crippen LogP contribution in [0.25, 0.3) is 11.0 Å². The maximum absolute atomic E-state index is 10.2. The number of aromatic amines is 1. The largest absolute Gasteiger partial charge is 0.494 e. The van der Waals surface area contributed by atoms with Gasteiger partial charge in [0, 0.05) is 12.6 Å². The zero-order valence-corrected chi connectivity index (χ0v) is 11.8. The van der Waals surface area contributed by atoms with Crippen LogP contribution in [0.3, 0.4) is 0 Å². The van der Waals surface area contributed by atoms with Gasteiger partial charge in [0.05, 0.1) is 17.6 Å². The van der Waals surface area contributed by atoms with Crippen LogP contribution >= 0.6 is 12.6 Å². The van der Waals surface area contributed by atoms with Crippen molar-refractivity contribution in [1.82, 2.24) is 15.3 Å². The van der Waals surface area contributed by atoms with Gasteiger partial charge in [-0.2, -0.15) is 0 Å². The van der Waals surface area contributed by atoms with Crippen LogP contribution in [0.5, 0.6) is 5.75 Å². The Morgan fingerprint density at radius 2 is 2.25 bits per heavy atom. The van der Waals surface area contributed by atoms with Gasteiger partial charge in [-0.25, -0.2) is 9.78 Å². The number of hydrogen-bond acceptors (Lipinski definition) is 4. The standard InChI is InChI=1S/C13H17N3O3S/c17-13(18)14-6-2-1-3-7-19-9-4-5-10-11(8-9)16-12(20)15-10/h4-5,8,14H,1-3,6-7H2,(H,17,18)(H2,15,16,20). The van der Waals surface area contributed by atoms with Gasteiger partial charge < -0.3 is 20.1 Å². The topological polar surface area (TPSA) is 87.2 Å². The van der Waals surface area contributed by atoms with Crippen LogP contribution in [0, 0.1) is 0 Å². The number of carbonyl (C=O) groups is 1. The number of imidazole rings is 1. The van der Waals surface area contributed by atoms with Gasteiger partial charge in [0.1, 0.15) is 5.75 Å². The molecule has 2 rings (SSSR count). The summed E-state index contributed by atoms with van der Waals surface area (Å²) in [5, 5.41) is 11.3. The monoisotopic (exact) mass is 295 g/mol. The van der Waals surface area contributed by atoms with E-state index in [9.17, 15) is 4.79 Å². The van der Waals surface area contributed by atoms with Crippen molar-refractivity contribution in [1.29, 1.82) is 0 Å². The summed E-state index contributed by atoms with van der Waals surface area (Å²) < 4.78 is 5.64. The van der Waals surface area contributed by atoms with Crippen molar-refractivity contribution in [3.63, 3.8) is 0 Å². The second-order valence-electron chi connectivity index (χ2n) is 4.38. The normalized spacial score (nSPS) is 10.7. The highest BCUT2D eigenvalue weighted by Crippen LogP contribution is 2.20. The molecule has 6 nitrogen and oxygen atoms in total. The Balaban J connectivity index is 1.69. The lowest BCUT2D eigenvalue weighted by atomic mass is 10.2. The van der Waals surface area contributed by atoms with Gasteiger partial charge in [-0.05, 0) is 31.4 Å². The maximum Gasteiger partial charge on any atom is 0.404 e. The number of nitrogens with zero attached hydrogens (tertiary/aromatic N) is 1. The van der Waals surface area contributed by atoms with Crippen LogP contribution in [-0.2, 0) is 0 Å². The Morgan fingerprint density at radius 3 is 3.05 bits per heavy atom. The van der Waals surface area contributed by atoms with E-state index in [-0.39, 0.29) is 0 Å². The fraction of sp³-hybridized carbons (Fsp3) is 0.385. The molecular formula is C13H17N3O3S. The molecule has 0 radical (unpaired) electrons. The predicted octanol–water partition coefficient (Wildman–Crippen LogP) is 2.67. The van der Waals surface area contributed by atoms with E-state index in [1.807, 2.05) is 18.2 Å². The van der Waals surface area contributed by atoms with Crippen molar-refractivity contribution >= 4 is 29.8 Å². The molecule has 0 atom stereocenters. The Morgan fingerprint density at radius 1 is 1.40 bits per heavy atom. The second-order valence-corrected chi connectivity index (χ2v) is 4.80. The lowest BCUT2D eigenvalue weighted by Crippen LogP contribution is -2.21. The Bertz CT molecular complexity index is 585. The van der Waals surface area contributed by atoms with Crippen molar-refractivity contribution in [3.05, 3.63) is 18.2 Å². The lowest BCUT2D eigenvalue weighted by Gasteiger charge is -2.06. The molecular weight excluding hydrogens is 278 g/mol. The summed E-state index contributed by atoms with van der Waals surface area (Å²) in [5.74, 6) is 0.779. The molecule has 0 fully saturated rings. The number of fused-ring (bicyclic) bond motifs is 1. The first kappa shape index (κ1) is 14.5. The van der Waals surface area contributed by atoms with Gasteiger partial charge in [0.25, 0.3) is 0 Å². The van der Waals surface area contributed by atoms with E-state index in [1.165, 1.54) is 0 Å². The van der Waals surface area contributed by atoms with Crippen LogP contribution in [-0.4, -0.2) is 34.3 Å². The number of H-pyrrole nitrogens is 1. The van der Waals surface area contributed by atoms with Crippen molar-refractivity contribution in [2.45, 2.75) is 24.4 Å². The van der Waals surface area contributed by atoms with Crippen LogP contribution in [0.2, 0.25) is 0 Å². The third kappa shape index (κ3) is 4.34. The fourth-order valence-electron chi connectivity index (χ4n) is 1.85. The predicted molar refractivity (Wildman–Crippen MR) is 78.7 cm³/mol. The van der Waals surface area contributed by atoms with E-state index in [4.69, 9.17) is 9.84 Å². The third-order valence-corrected chi connectivity index (χ3v) is 3.02. The molecule has 0 aliphatic heterocycles. The first-order valence-corrected chi connectivity index (χ1v) is 6.88. The highest BCUT2D eigenvalue weighted by Gasteiger charge is 2.02. The molecule has 0 aliphatic rings. The van der Waals surface area contributed by atoms with Gasteiger partial charge in [-0.1, -0.05) is 0 Å². The minimum Gasteiger partial charge on any atom is -0.494 e. The van der Waals surface area contributed by atoms with Crippen molar-refractivity contribution in [3.8, 4) is 5.75 Å². The molecule has 1 heterocycles. The summed E-state index contributed by atoms with van der Waals surface area (Å²) in [6.07, 6.45) is 1.65. The number of aromatic nitrogens is 2. The van der Waals surface area contributed by atoms with E-state index < -0.39 is 6.09 Å². The van der Waals surface area contributed by atoms with E-state index in [2.05, 4.69) is 27.9 Å². The van der Waals surface area contributed by atoms with Crippen LogP contribution < -0.4 is 10.1 Å². The molecule has 0 aliphatic carbocycles. The summed E-state index contributed by atoms with van der Waals surface area (Å²) in [6.45, 7) is 1.09. The number of benzene rings is 1. The summed E-state index contributed by atoms with van der Waals surface area (Å²) in [5.41, 5.74) is 1.76. The SMILES string of the molecule is O=C(O)NCCCCCOc1ccc2[nH]c(S)nc2c1. The summed E-state index contributed by atoms with van der Waals surface area (Å²) in [6, 6.07) is 5.67. The zero-order valence-electron chi connectivity index (χ0n) is 10.9. The highest BCUT2D eigenvalue weighted by atomic mass is 32.1. The average molecular weight is 295 g/mol. The molecule has 0 unspecified atom stereocenters. The molecule has 1 amide bonds. The molecule has 1 aromatic carbocycles. The van der Waals surface area contributed by atoms with Gasteiger partial charge in [0.2, 0.25) is 0 Å². The zero-order chi connectivity index (χ0) is 14.4. The summed E-state index contributed by atoms with van der Waals surface area (Å²) >= 11 is 4.15. The lowest BCUT2D eigenvalue weighted by molar-refractivity contribution is 0.194. The molecule has 108 valence electrons. The number of thiol groups is 1. The number of unbranched alkanes of at least 4 members (excludes halogenated alkanes) is 2. The number of carboxylic acid groups (broad SMARTS) is 1. The quantitative estimate of drug-likeness (QED) is 0.467. The average Bonchev–Trinajstić information content (AvgIpc) is 2.76. The molecule has 7 heteroatoms. The van der Waals surface area contributed by atoms with Crippen molar-refractivity contribution in [2.75, 3.05) is 13.2 Å². The summed E-state index contributed by atoms with van der Waals surface area (Å²) in [7, 11) is 0. The van der Waals surface area contributed by atoms with Gasteiger partial charge in [0.15, 0.2) is 5.16 Å². The molecule has 3 N–H and O–H groups in total. The second kappa shape index (κ2) is 7.04. The summed E-state index contributed by atoms with van der Waals surface area (Å²) in [4.78, 5) is 17.5. The first-order valence-electron chi connectivity index (χ1n) is 6.43. The number of rotatable bonds is 7. The highest BCUT2D eigenvalue weighted by molar-refractivity contribution is 7.80. The van der Waals surface area contributed by atoms with Crippen LogP contribution in [0.15, 0.2) is 23.4 Å². The maximum atomic E-state index is 10.2. The van der Waals surface area contributed by atoms with E-state index in [0.717, 1.165) is 36.0 Å². The number of hydrogen-bond donors (Lipinski definition) is 4. The molecule has 0 saturated carbocycles. The first-order chi connectivity index (χ1) is 9.65. The minimum atomic E-state index is -0.975. The van der Waals surface area contributed by atoms with Crippen molar-refractivity contribution in [2.24, 2.45) is 0 Å². The van der Waals surface area contributed by atoms with Gasteiger partial charge >= 0.3 is 6.09 Å².